The lowest BCUT2D eigenvalue weighted by molar-refractivity contribution is -0.0493. The monoisotopic (exact) mass is 276 g/mol. The molecule has 0 aliphatic heterocycles. The van der Waals surface area contributed by atoms with Crippen LogP contribution in [0, 0.1) is 11.3 Å². The number of halogens is 2. The molecule has 1 aromatic carbocycles. The van der Waals surface area contributed by atoms with Crippen LogP contribution in [-0.4, -0.2) is 11.6 Å². The summed E-state index contributed by atoms with van der Waals surface area (Å²) in [6.07, 6.45) is 1.40. The summed E-state index contributed by atoms with van der Waals surface area (Å²) in [6, 6.07) is 9.50. The second kappa shape index (κ2) is 5.84. The summed E-state index contributed by atoms with van der Waals surface area (Å²) in [4.78, 5) is 3.97. The molecule has 3 N–H and O–H groups in total. The highest BCUT2D eigenvalue weighted by Gasteiger charge is 2.12. The fourth-order valence-corrected chi connectivity index (χ4v) is 1.57. The molecule has 0 bridgehead atoms. The van der Waals surface area contributed by atoms with Crippen LogP contribution in [0.1, 0.15) is 5.56 Å². The van der Waals surface area contributed by atoms with Crippen LogP contribution in [0.5, 0.6) is 5.75 Å². The predicted octanol–water partition coefficient (Wildman–Crippen LogP) is 2.88. The van der Waals surface area contributed by atoms with Gasteiger partial charge in [-0.3, -0.25) is 0 Å². The zero-order chi connectivity index (χ0) is 14.5. The number of nitrogens with two attached hydrogens (primary N) is 1. The third-order valence-electron chi connectivity index (χ3n) is 2.47. The van der Waals surface area contributed by atoms with Crippen molar-refractivity contribution in [3.8, 4) is 11.8 Å². The van der Waals surface area contributed by atoms with Crippen molar-refractivity contribution in [2.45, 2.75) is 6.61 Å². The lowest BCUT2D eigenvalue weighted by Gasteiger charge is -2.13. The van der Waals surface area contributed by atoms with Gasteiger partial charge in [0.2, 0.25) is 0 Å². The lowest BCUT2D eigenvalue weighted by Crippen LogP contribution is -2.06. The van der Waals surface area contributed by atoms with Gasteiger partial charge in [-0.15, -0.1) is 0 Å². The van der Waals surface area contributed by atoms with Crippen molar-refractivity contribution in [2.75, 3.05) is 11.1 Å². The van der Waals surface area contributed by atoms with Gasteiger partial charge in [0, 0.05) is 6.20 Å². The van der Waals surface area contributed by atoms with Crippen LogP contribution in [0.2, 0.25) is 0 Å². The Labute approximate surface area is 113 Å². The van der Waals surface area contributed by atoms with Gasteiger partial charge in [-0.2, -0.15) is 14.0 Å². The summed E-state index contributed by atoms with van der Waals surface area (Å²) in [5.41, 5.74) is 6.42. The van der Waals surface area contributed by atoms with E-state index in [0.717, 1.165) is 0 Å². The molecule has 0 spiro atoms. The number of nitriles is 1. The predicted molar refractivity (Wildman–Crippen MR) is 69.7 cm³/mol. The van der Waals surface area contributed by atoms with Gasteiger partial charge < -0.3 is 15.8 Å². The van der Waals surface area contributed by atoms with Crippen LogP contribution in [0.4, 0.5) is 26.0 Å². The zero-order valence-electron chi connectivity index (χ0n) is 10.2. The Kier molecular flexibility index (Phi) is 3.96. The van der Waals surface area contributed by atoms with E-state index in [2.05, 4.69) is 15.0 Å². The van der Waals surface area contributed by atoms with Crippen molar-refractivity contribution in [1.29, 1.82) is 5.26 Å². The number of nitrogens with one attached hydrogen (secondary N) is 1. The van der Waals surface area contributed by atoms with Gasteiger partial charge in [-0.1, -0.05) is 12.1 Å². The molecule has 0 unspecified atom stereocenters. The third-order valence-corrected chi connectivity index (χ3v) is 2.47. The average Bonchev–Trinajstić information content (AvgIpc) is 2.42. The van der Waals surface area contributed by atoms with Crippen molar-refractivity contribution in [2.24, 2.45) is 0 Å². The first-order valence-corrected chi connectivity index (χ1v) is 5.57. The minimum absolute atomic E-state index is 0.0361. The van der Waals surface area contributed by atoms with Crippen molar-refractivity contribution in [3.63, 3.8) is 0 Å². The number of nitrogens with zero attached hydrogens (tertiary/aromatic N) is 2. The largest absolute Gasteiger partial charge is 0.433 e. The fraction of sp³-hybridized carbons (Fsp3) is 0.0769. The Hall–Kier alpha value is -2.88. The Morgan fingerprint density at radius 1 is 1.30 bits per heavy atom. The molecule has 0 atom stereocenters. The highest BCUT2D eigenvalue weighted by Crippen LogP contribution is 2.30. The molecular formula is C13H10F2N4O. The molecular weight excluding hydrogens is 266 g/mol. The first-order chi connectivity index (χ1) is 9.61. The van der Waals surface area contributed by atoms with Crippen LogP contribution < -0.4 is 15.8 Å². The SMILES string of the molecule is N#Cc1ccnc(Nc2ccccc2OC(F)F)c1N. The normalized spacial score (nSPS) is 10.1. The average molecular weight is 276 g/mol. The summed E-state index contributed by atoms with van der Waals surface area (Å²) >= 11 is 0. The van der Waals surface area contributed by atoms with E-state index in [0.29, 0.717) is 0 Å². The Morgan fingerprint density at radius 2 is 2.05 bits per heavy atom. The number of rotatable bonds is 4. The first kappa shape index (κ1) is 13.5. The molecule has 7 heteroatoms. The number of pyridine rings is 1. The van der Waals surface area contributed by atoms with Gasteiger partial charge in [-0.25, -0.2) is 4.98 Å². The van der Waals surface area contributed by atoms with Crippen molar-refractivity contribution in [3.05, 3.63) is 42.1 Å². The quantitative estimate of drug-likeness (QED) is 0.897. The van der Waals surface area contributed by atoms with Crippen molar-refractivity contribution in [1.82, 2.24) is 4.98 Å². The van der Waals surface area contributed by atoms with E-state index in [1.807, 2.05) is 6.07 Å². The number of para-hydroxylation sites is 2. The molecule has 0 saturated carbocycles. The third kappa shape index (κ3) is 2.92. The highest BCUT2D eigenvalue weighted by molar-refractivity contribution is 5.75. The second-order valence-corrected chi connectivity index (χ2v) is 3.73. The Bertz CT molecular complexity index is 655. The second-order valence-electron chi connectivity index (χ2n) is 3.73. The minimum Gasteiger partial charge on any atom is -0.433 e. The maximum atomic E-state index is 12.3. The van der Waals surface area contributed by atoms with Gasteiger partial charge in [0.05, 0.1) is 16.9 Å². The van der Waals surface area contributed by atoms with E-state index in [1.165, 1.54) is 24.4 Å². The number of aromatic nitrogens is 1. The van der Waals surface area contributed by atoms with E-state index in [-0.39, 0.29) is 28.5 Å². The minimum atomic E-state index is -2.94. The topological polar surface area (TPSA) is 84.0 Å². The lowest BCUT2D eigenvalue weighted by atomic mass is 10.2. The molecule has 0 radical (unpaired) electrons. The van der Waals surface area contributed by atoms with Crippen LogP contribution in [0.3, 0.4) is 0 Å². The summed E-state index contributed by atoms with van der Waals surface area (Å²) < 4.78 is 29.0. The number of alkyl halides is 2. The molecule has 2 aromatic rings. The molecule has 2 rings (SSSR count). The van der Waals surface area contributed by atoms with Gasteiger partial charge in [0.25, 0.3) is 0 Å². The van der Waals surface area contributed by atoms with E-state index in [4.69, 9.17) is 11.0 Å². The fourth-order valence-electron chi connectivity index (χ4n) is 1.57. The maximum Gasteiger partial charge on any atom is 0.387 e. The van der Waals surface area contributed by atoms with Gasteiger partial charge in [0.1, 0.15) is 11.8 Å². The van der Waals surface area contributed by atoms with Gasteiger partial charge in [-0.05, 0) is 18.2 Å². The highest BCUT2D eigenvalue weighted by atomic mass is 19.3. The van der Waals surface area contributed by atoms with E-state index < -0.39 is 6.61 Å². The molecule has 102 valence electrons. The summed E-state index contributed by atoms with van der Waals surface area (Å²) in [5.74, 6) is 0.167. The maximum absolute atomic E-state index is 12.3. The molecule has 5 nitrogen and oxygen atoms in total. The van der Waals surface area contributed by atoms with Gasteiger partial charge >= 0.3 is 6.61 Å². The van der Waals surface area contributed by atoms with Crippen LogP contribution in [0.25, 0.3) is 0 Å². The Morgan fingerprint density at radius 3 is 2.75 bits per heavy atom. The van der Waals surface area contributed by atoms with E-state index in [9.17, 15) is 8.78 Å². The van der Waals surface area contributed by atoms with E-state index >= 15 is 0 Å². The van der Waals surface area contributed by atoms with Crippen LogP contribution in [0.15, 0.2) is 36.5 Å². The molecule has 0 saturated heterocycles. The number of ether oxygens (including phenoxy) is 1. The number of benzene rings is 1. The summed E-state index contributed by atoms with van der Waals surface area (Å²) in [6.45, 7) is -2.94. The van der Waals surface area contributed by atoms with Crippen molar-refractivity contribution < 1.29 is 13.5 Å². The molecule has 20 heavy (non-hydrogen) atoms. The van der Waals surface area contributed by atoms with Gasteiger partial charge in [0.15, 0.2) is 5.82 Å². The standard InChI is InChI=1S/C13H10F2N4O/c14-13(15)20-10-4-2-1-3-9(10)19-12-11(17)8(7-16)5-6-18-12/h1-6,13H,17H2,(H,18,19). The molecule has 0 fully saturated rings. The molecule has 0 aliphatic carbocycles. The zero-order valence-corrected chi connectivity index (χ0v) is 10.2. The molecule has 0 aliphatic rings. The smallest absolute Gasteiger partial charge is 0.387 e. The molecule has 0 amide bonds. The number of hydrogen-bond donors (Lipinski definition) is 2. The summed E-state index contributed by atoms with van der Waals surface area (Å²) in [5, 5.41) is 11.6. The summed E-state index contributed by atoms with van der Waals surface area (Å²) in [7, 11) is 0. The van der Waals surface area contributed by atoms with E-state index in [1.54, 1.807) is 12.1 Å². The molecule has 1 aromatic heterocycles. The van der Waals surface area contributed by atoms with Crippen LogP contribution in [-0.2, 0) is 0 Å². The van der Waals surface area contributed by atoms with Crippen molar-refractivity contribution >= 4 is 17.2 Å². The Balaban J connectivity index is 2.34. The first-order valence-electron chi connectivity index (χ1n) is 5.57. The number of anilines is 3. The van der Waals surface area contributed by atoms with Crippen LogP contribution >= 0.6 is 0 Å². The number of nitrogen functional groups attached to an aromatic ring is 1. The number of hydrogen-bond acceptors (Lipinski definition) is 5. The molecule has 1 heterocycles.